The average molecular weight is 258 g/mol. The lowest BCUT2D eigenvalue weighted by molar-refractivity contribution is -0.189. The summed E-state index contributed by atoms with van der Waals surface area (Å²) in [6.07, 6.45) is -2.74. The minimum atomic E-state index is -4.27. The molecular formula is C13H17F3N2. The van der Waals surface area contributed by atoms with Gasteiger partial charge in [0.25, 0.3) is 0 Å². The van der Waals surface area contributed by atoms with E-state index in [1.807, 2.05) is 0 Å². The van der Waals surface area contributed by atoms with E-state index in [0.29, 0.717) is 18.7 Å². The molecule has 1 unspecified atom stereocenters. The van der Waals surface area contributed by atoms with Crippen molar-refractivity contribution >= 4 is 0 Å². The summed E-state index contributed by atoms with van der Waals surface area (Å²) in [6.45, 7) is 0.756. The van der Waals surface area contributed by atoms with Crippen LogP contribution in [0.5, 0.6) is 0 Å². The van der Waals surface area contributed by atoms with Gasteiger partial charge >= 0.3 is 6.18 Å². The van der Waals surface area contributed by atoms with E-state index in [4.69, 9.17) is 5.73 Å². The molecule has 0 spiro atoms. The molecule has 5 heteroatoms. The van der Waals surface area contributed by atoms with Gasteiger partial charge in [0.2, 0.25) is 0 Å². The summed E-state index contributed by atoms with van der Waals surface area (Å²) in [7, 11) is 0. The van der Waals surface area contributed by atoms with Crippen molar-refractivity contribution in [3.63, 3.8) is 0 Å². The van der Waals surface area contributed by atoms with Gasteiger partial charge < -0.3 is 5.73 Å². The first-order chi connectivity index (χ1) is 8.48. The third kappa shape index (κ3) is 3.03. The van der Waals surface area contributed by atoms with Crippen LogP contribution in [-0.4, -0.2) is 30.2 Å². The van der Waals surface area contributed by atoms with Gasteiger partial charge in [0.1, 0.15) is 6.04 Å². The molecular weight excluding hydrogens is 241 g/mol. The van der Waals surface area contributed by atoms with Crippen molar-refractivity contribution in [3.05, 3.63) is 35.9 Å². The number of hydrogen-bond donors (Lipinski definition) is 1. The van der Waals surface area contributed by atoms with Crippen molar-refractivity contribution in [1.29, 1.82) is 0 Å². The van der Waals surface area contributed by atoms with Gasteiger partial charge in [-0.15, -0.1) is 0 Å². The van der Waals surface area contributed by atoms with Crippen LogP contribution in [0, 0.1) is 0 Å². The van der Waals surface area contributed by atoms with Crippen LogP contribution >= 0.6 is 0 Å². The van der Waals surface area contributed by atoms with Gasteiger partial charge in [-0.25, -0.2) is 0 Å². The largest absolute Gasteiger partial charge is 0.408 e. The van der Waals surface area contributed by atoms with E-state index in [1.54, 1.807) is 18.2 Å². The molecule has 0 bridgehead atoms. The SMILES string of the molecule is N[C@@H]1CCCN(C(c2ccccc2)C(F)(F)F)C1. The topological polar surface area (TPSA) is 29.3 Å². The fraction of sp³-hybridized carbons (Fsp3) is 0.538. The number of halogens is 3. The Kier molecular flexibility index (Phi) is 3.92. The summed E-state index contributed by atoms with van der Waals surface area (Å²) in [5, 5.41) is 0. The van der Waals surface area contributed by atoms with Crippen molar-refractivity contribution in [3.8, 4) is 0 Å². The molecule has 0 radical (unpaired) electrons. The van der Waals surface area contributed by atoms with Crippen LogP contribution in [0.15, 0.2) is 30.3 Å². The van der Waals surface area contributed by atoms with Gasteiger partial charge in [-0.1, -0.05) is 30.3 Å². The molecule has 1 fully saturated rings. The first-order valence-electron chi connectivity index (χ1n) is 6.10. The van der Waals surface area contributed by atoms with E-state index in [9.17, 15) is 13.2 Å². The summed E-state index contributed by atoms with van der Waals surface area (Å²) < 4.78 is 39.7. The minimum absolute atomic E-state index is 0.160. The predicted octanol–water partition coefficient (Wildman–Crippen LogP) is 2.71. The highest BCUT2D eigenvalue weighted by Crippen LogP contribution is 2.38. The molecule has 0 amide bonds. The second-order valence-electron chi connectivity index (χ2n) is 4.75. The van der Waals surface area contributed by atoms with Gasteiger partial charge in [-0.05, 0) is 24.9 Å². The molecule has 18 heavy (non-hydrogen) atoms. The Morgan fingerprint density at radius 1 is 1.22 bits per heavy atom. The van der Waals surface area contributed by atoms with Crippen molar-refractivity contribution in [1.82, 2.24) is 4.90 Å². The molecule has 1 aliphatic heterocycles. The smallest absolute Gasteiger partial charge is 0.327 e. The zero-order valence-corrected chi connectivity index (χ0v) is 10.0. The van der Waals surface area contributed by atoms with Crippen LogP contribution in [0.2, 0.25) is 0 Å². The molecule has 2 rings (SSSR count). The van der Waals surface area contributed by atoms with Crippen molar-refractivity contribution in [2.75, 3.05) is 13.1 Å². The van der Waals surface area contributed by atoms with Crippen LogP contribution in [0.1, 0.15) is 24.4 Å². The first-order valence-corrected chi connectivity index (χ1v) is 6.10. The fourth-order valence-corrected chi connectivity index (χ4v) is 2.52. The van der Waals surface area contributed by atoms with E-state index in [0.717, 1.165) is 12.8 Å². The molecule has 2 nitrogen and oxygen atoms in total. The van der Waals surface area contributed by atoms with E-state index in [1.165, 1.54) is 17.0 Å². The Bertz CT molecular complexity index is 378. The molecule has 1 aromatic rings. The van der Waals surface area contributed by atoms with Gasteiger partial charge in [-0.2, -0.15) is 13.2 Å². The van der Waals surface area contributed by atoms with Crippen LogP contribution in [0.3, 0.4) is 0 Å². The van der Waals surface area contributed by atoms with Gasteiger partial charge in [0, 0.05) is 12.6 Å². The number of rotatable bonds is 2. The Morgan fingerprint density at radius 3 is 2.44 bits per heavy atom. The third-order valence-corrected chi connectivity index (χ3v) is 3.28. The van der Waals surface area contributed by atoms with Gasteiger partial charge in [0.15, 0.2) is 0 Å². The number of alkyl halides is 3. The van der Waals surface area contributed by atoms with Gasteiger partial charge in [0.05, 0.1) is 0 Å². The summed E-state index contributed by atoms with van der Waals surface area (Å²) >= 11 is 0. The first kappa shape index (κ1) is 13.4. The second-order valence-corrected chi connectivity index (χ2v) is 4.75. The Morgan fingerprint density at radius 2 is 1.89 bits per heavy atom. The van der Waals surface area contributed by atoms with Crippen LogP contribution in [0.4, 0.5) is 13.2 Å². The summed E-state index contributed by atoms with van der Waals surface area (Å²) in [6, 6.07) is 6.35. The summed E-state index contributed by atoms with van der Waals surface area (Å²) in [4.78, 5) is 1.45. The maximum Gasteiger partial charge on any atom is 0.408 e. The van der Waals surface area contributed by atoms with Crippen molar-refractivity contribution in [2.45, 2.75) is 31.1 Å². The average Bonchev–Trinajstić information content (AvgIpc) is 2.28. The van der Waals surface area contributed by atoms with Crippen LogP contribution < -0.4 is 5.73 Å². The predicted molar refractivity (Wildman–Crippen MR) is 64.0 cm³/mol. The molecule has 100 valence electrons. The van der Waals surface area contributed by atoms with E-state index >= 15 is 0 Å². The Balaban J connectivity index is 2.26. The van der Waals surface area contributed by atoms with Crippen molar-refractivity contribution in [2.24, 2.45) is 5.73 Å². The van der Waals surface area contributed by atoms with Crippen LogP contribution in [-0.2, 0) is 0 Å². The number of benzene rings is 1. The molecule has 1 aliphatic rings. The highest BCUT2D eigenvalue weighted by Gasteiger charge is 2.45. The van der Waals surface area contributed by atoms with Crippen LogP contribution in [0.25, 0.3) is 0 Å². The standard InChI is InChI=1S/C13H17F3N2/c14-13(15,16)12(10-5-2-1-3-6-10)18-8-4-7-11(17)9-18/h1-3,5-6,11-12H,4,7-9,17H2/t11-,12?/m1/s1. The molecule has 0 saturated carbocycles. The molecule has 1 saturated heterocycles. The molecule has 2 atom stereocenters. The molecule has 1 heterocycles. The highest BCUT2D eigenvalue weighted by molar-refractivity contribution is 5.20. The Labute approximate surface area is 105 Å². The van der Waals surface area contributed by atoms with Gasteiger partial charge in [-0.3, -0.25) is 4.90 Å². The van der Waals surface area contributed by atoms with Crippen molar-refractivity contribution < 1.29 is 13.2 Å². The molecule has 2 N–H and O–H groups in total. The minimum Gasteiger partial charge on any atom is -0.327 e. The Hall–Kier alpha value is -1.07. The van der Waals surface area contributed by atoms with E-state index < -0.39 is 12.2 Å². The number of likely N-dealkylation sites (tertiary alicyclic amines) is 1. The number of piperidine rings is 1. The number of nitrogens with zero attached hydrogens (tertiary/aromatic N) is 1. The number of nitrogens with two attached hydrogens (primary N) is 1. The second kappa shape index (κ2) is 5.28. The fourth-order valence-electron chi connectivity index (χ4n) is 2.52. The maximum atomic E-state index is 13.2. The highest BCUT2D eigenvalue weighted by atomic mass is 19.4. The molecule has 0 aromatic heterocycles. The lowest BCUT2D eigenvalue weighted by Crippen LogP contribution is -2.48. The molecule has 0 aliphatic carbocycles. The zero-order valence-electron chi connectivity index (χ0n) is 10.0. The number of hydrogen-bond acceptors (Lipinski definition) is 2. The lowest BCUT2D eigenvalue weighted by atomic mass is 9.99. The van der Waals surface area contributed by atoms with E-state index in [2.05, 4.69) is 0 Å². The normalized spacial score (nSPS) is 23.9. The monoisotopic (exact) mass is 258 g/mol. The zero-order chi connectivity index (χ0) is 13.2. The third-order valence-electron chi connectivity index (χ3n) is 3.28. The lowest BCUT2D eigenvalue weighted by Gasteiger charge is -2.38. The molecule has 1 aromatic carbocycles. The quantitative estimate of drug-likeness (QED) is 0.883. The van der Waals surface area contributed by atoms with E-state index in [-0.39, 0.29) is 6.04 Å². The summed E-state index contributed by atoms with van der Waals surface area (Å²) in [5.74, 6) is 0. The maximum absolute atomic E-state index is 13.2. The summed E-state index contributed by atoms with van der Waals surface area (Å²) in [5.41, 5.74) is 6.07.